The number of imide groups is 2. The van der Waals surface area contributed by atoms with Crippen LogP contribution in [0.2, 0.25) is 0 Å². The first-order chi connectivity index (χ1) is 11.7. The maximum atomic E-state index is 12.7. The maximum absolute atomic E-state index is 12.7. The second kappa shape index (κ2) is 6.92. The number of amides is 6. The lowest BCUT2D eigenvalue weighted by atomic mass is 9.90. The smallest absolute Gasteiger partial charge is 0.325 e. The van der Waals surface area contributed by atoms with Crippen molar-refractivity contribution in [1.29, 1.82) is 0 Å². The Morgan fingerprint density at radius 3 is 2.32 bits per heavy atom. The van der Waals surface area contributed by atoms with Crippen LogP contribution < -0.4 is 16.0 Å². The summed E-state index contributed by atoms with van der Waals surface area (Å²) in [4.78, 5) is 48.6. The van der Waals surface area contributed by atoms with E-state index in [0.717, 1.165) is 10.5 Å². The highest BCUT2D eigenvalue weighted by Gasteiger charge is 2.49. The monoisotopic (exact) mass is 346 g/mol. The Labute approximate surface area is 145 Å². The molecule has 25 heavy (non-hydrogen) atoms. The first kappa shape index (κ1) is 18.4. The van der Waals surface area contributed by atoms with Crippen molar-refractivity contribution in [2.75, 3.05) is 13.6 Å². The molecule has 1 saturated heterocycles. The van der Waals surface area contributed by atoms with Gasteiger partial charge in [0.05, 0.1) is 0 Å². The van der Waals surface area contributed by atoms with Gasteiger partial charge < -0.3 is 10.6 Å². The summed E-state index contributed by atoms with van der Waals surface area (Å²) in [6.07, 6.45) is 0. The van der Waals surface area contributed by atoms with Crippen LogP contribution in [0.3, 0.4) is 0 Å². The largest absolute Gasteiger partial charge is 0.341 e. The van der Waals surface area contributed by atoms with Gasteiger partial charge in [0.15, 0.2) is 0 Å². The standard InChI is InChI=1S/C17H22N4O4/c1-10(2)11-5-7-12(8-6-11)17(3)14(23)21(16(25)20-17)9-13(22)19-15(24)18-4/h5-8,10H,9H2,1-4H3,(H,20,25)(H2,18,19,22,24). The lowest BCUT2D eigenvalue weighted by Gasteiger charge is -2.22. The molecule has 0 aromatic heterocycles. The van der Waals surface area contributed by atoms with E-state index >= 15 is 0 Å². The van der Waals surface area contributed by atoms with Crippen molar-refractivity contribution in [3.05, 3.63) is 35.4 Å². The molecule has 0 saturated carbocycles. The highest BCUT2D eigenvalue weighted by Crippen LogP contribution is 2.29. The van der Waals surface area contributed by atoms with Crippen molar-refractivity contribution in [3.8, 4) is 0 Å². The average Bonchev–Trinajstić information content (AvgIpc) is 2.79. The molecule has 1 unspecified atom stereocenters. The summed E-state index contributed by atoms with van der Waals surface area (Å²) in [5, 5.41) is 6.87. The number of hydrogen-bond acceptors (Lipinski definition) is 4. The third-order valence-corrected chi connectivity index (χ3v) is 4.21. The van der Waals surface area contributed by atoms with Crippen LogP contribution >= 0.6 is 0 Å². The molecular formula is C17H22N4O4. The van der Waals surface area contributed by atoms with Gasteiger partial charge in [0.2, 0.25) is 5.91 Å². The predicted molar refractivity (Wildman–Crippen MR) is 90.7 cm³/mol. The van der Waals surface area contributed by atoms with E-state index in [-0.39, 0.29) is 0 Å². The zero-order valence-corrected chi connectivity index (χ0v) is 14.7. The fraction of sp³-hybridized carbons (Fsp3) is 0.412. The molecule has 1 atom stereocenters. The normalized spacial score (nSPS) is 19.8. The first-order valence-electron chi connectivity index (χ1n) is 7.95. The Hall–Kier alpha value is -2.90. The van der Waals surface area contributed by atoms with Crippen LogP contribution in [-0.2, 0) is 15.1 Å². The van der Waals surface area contributed by atoms with Crippen LogP contribution in [0.15, 0.2) is 24.3 Å². The fourth-order valence-electron chi connectivity index (χ4n) is 2.61. The summed E-state index contributed by atoms with van der Waals surface area (Å²) in [5.41, 5.74) is 0.496. The highest BCUT2D eigenvalue weighted by molar-refractivity contribution is 6.10. The summed E-state index contributed by atoms with van der Waals surface area (Å²) in [7, 11) is 1.36. The summed E-state index contributed by atoms with van der Waals surface area (Å²) < 4.78 is 0. The number of nitrogens with zero attached hydrogens (tertiary/aromatic N) is 1. The van der Waals surface area contributed by atoms with Gasteiger partial charge in [0, 0.05) is 7.05 Å². The maximum Gasteiger partial charge on any atom is 0.325 e. The number of urea groups is 2. The number of rotatable bonds is 4. The highest BCUT2D eigenvalue weighted by atomic mass is 16.2. The van der Waals surface area contributed by atoms with Crippen LogP contribution in [0.1, 0.15) is 37.8 Å². The van der Waals surface area contributed by atoms with Crippen LogP contribution in [0.4, 0.5) is 9.59 Å². The Kier molecular flexibility index (Phi) is 5.10. The van der Waals surface area contributed by atoms with Gasteiger partial charge in [0.1, 0.15) is 12.1 Å². The van der Waals surface area contributed by atoms with Crippen molar-refractivity contribution >= 4 is 23.9 Å². The molecule has 6 amide bonds. The number of nitrogens with one attached hydrogen (secondary N) is 3. The van der Waals surface area contributed by atoms with E-state index in [0.29, 0.717) is 11.5 Å². The van der Waals surface area contributed by atoms with Crippen LogP contribution in [0.25, 0.3) is 0 Å². The van der Waals surface area contributed by atoms with Crippen molar-refractivity contribution in [3.63, 3.8) is 0 Å². The third kappa shape index (κ3) is 3.62. The molecule has 1 aliphatic rings. The summed E-state index contributed by atoms with van der Waals surface area (Å²) in [6.45, 7) is 5.18. The second-order valence-electron chi connectivity index (χ2n) is 6.35. The van der Waals surface area contributed by atoms with Gasteiger partial charge in [-0.25, -0.2) is 9.59 Å². The van der Waals surface area contributed by atoms with E-state index < -0.39 is 36.0 Å². The average molecular weight is 346 g/mol. The summed E-state index contributed by atoms with van der Waals surface area (Å²) in [6, 6.07) is 6.03. The van der Waals surface area contributed by atoms with Gasteiger partial charge >= 0.3 is 12.1 Å². The topological polar surface area (TPSA) is 108 Å². The number of carbonyl (C=O) groups excluding carboxylic acids is 4. The molecule has 1 fully saturated rings. The van der Waals surface area contributed by atoms with E-state index in [2.05, 4.69) is 24.5 Å². The molecule has 1 heterocycles. The molecule has 134 valence electrons. The van der Waals surface area contributed by atoms with E-state index in [1.807, 2.05) is 17.4 Å². The van der Waals surface area contributed by atoms with Gasteiger partial charge in [-0.3, -0.25) is 19.8 Å². The third-order valence-electron chi connectivity index (χ3n) is 4.21. The van der Waals surface area contributed by atoms with Gasteiger partial charge in [-0.1, -0.05) is 38.1 Å². The molecule has 8 heteroatoms. The minimum Gasteiger partial charge on any atom is -0.341 e. The molecule has 0 bridgehead atoms. The van der Waals surface area contributed by atoms with E-state index in [1.165, 1.54) is 7.05 Å². The molecule has 8 nitrogen and oxygen atoms in total. The van der Waals surface area contributed by atoms with Gasteiger partial charge in [-0.2, -0.15) is 0 Å². The second-order valence-corrected chi connectivity index (χ2v) is 6.35. The van der Waals surface area contributed by atoms with Crippen molar-refractivity contribution in [2.24, 2.45) is 0 Å². The fourth-order valence-corrected chi connectivity index (χ4v) is 2.61. The molecule has 3 N–H and O–H groups in total. The number of hydrogen-bond donors (Lipinski definition) is 3. The number of carbonyl (C=O) groups is 4. The Morgan fingerprint density at radius 2 is 1.80 bits per heavy atom. The quantitative estimate of drug-likeness (QED) is 0.708. The summed E-state index contributed by atoms with van der Waals surface area (Å²) in [5.74, 6) is -0.940. The molecule has 0 spiro atoms. The molecule has 1 aliphatic heterocycles. The minimum absolute atomic E-state index is 0.348. The predicted octanol–water partition coefficient (Wildman–Crippen LogP) is 1.03. The van der Waals surface area contributed by atoms with Crippen molar-refractivity contribution in [2.45, 2.75) is 32.2 Å². The first-order valence-corrected chi connectivity index (χ1v) is 7.95. The molecule has 2 rings (SSSR count). The van der Waals surface area contributed by atoms with Crippen LogP contribution in [0, 0.1) is 0 Å². The van der Waals surface area contributed by atoms with Gasteiger partial charge in [0.25, 0.3) is 5.91 Å². The molecule has 1 aromatic carbocycles. The minimum atomic E-state index is -1.25. The summed E-state index contributed by atoms with van der Waals surface area (Å²) >= 11 is 0. The van der Waals surface area contributed by atoms with Gasteiger partial charge in [-0.05, 0) is 24.0 Å². The molecular weight excluding hydrogens is 324 g/mol. The Bertz CT molecular complexity index is 714. The number of benzene rings is 1. The van der Waals surface area contributed by atoms with Gasteiger partial charge in [-0.15, -0.1) is 0 Å². The van der Waals surface area contributed by atoms with E-state index in [4.69, 9.17) is 0 Å². The lowest BCUT2D eigenvalue weighted by molar-refractivity contribution is -0.134. The Morgan fingerprint density at radius 1 is 1.20 bits per heavy atom. The molecule has 1 aromatic rings. The molecule has 0 radical (unpaired) electrons. The van der Waals surface area contributed by atoms with E-state index in [9.17, 15) is 19.2 Å². The van der Waals surface area contributed by atoms with E-state index in [1.54, 1.807) is 19.1 Å². The molecule has 0 aliphatic carbocycles. The van der Waals surface area contributed by atoms with Crippen molar-refractivity contribution in [1.82, 2.24) is 20.9 Å². The Balaban J connectivity index is 2.18. The van der Waals surface area contributed by atoms with Crippen LogP contribution in [0.5, 0.6) is 0 Å². The zero-order chi connectivity index (χ0) is 18.8. The lowest BCUT2D eigenvalue weighted by Crippen LogP contribution is -2.46. The zero-order valence-electron chi connectivity index (χ0n) is 14.7. The SMILES string of the molecule is CNC(=O)NC(=O)CN1C(=O)NC(C)(c2ccc(C(C)C)cc2)C1=O. The van der Waals surface area contributed by atoms with Crippen LogP contribution in [-0.4, -0.2) is 42.4 Å². The van der Waals surface area contributed by atoms with Crippen molar-refractivity contribution < 1.29 is 19.2 Å².